The number of hydrogen-bond donors (Lipinski definition) is 2. The zero-order valence-electron chi connectivity index (χ0n) is 10.9. The van der Waals surface area contributed by atoms with E-state index >= 15 is 0 Å². The minimum atomic E-state index is -0.474. The first kappa shape index (κ1) is 12.1. The Morgan fingerprint density at radius 1 is 1.37 bits per heavy atom. The Morgan fingerprint density at radius 3 is 2.95 bits per heavy atom. The maximum absolute atomic E-state index is 11.1. The number of H-pyrrole nitrogens is 1. The largest absolute Gasteiger partial charge is 0.488 e. The van der Waals surface area contributed by atoms with Gasteiger partial charge in [0, 0.05) is 12.1 Å². The molecular weight excluding hydrogens is 244 g/mol. The van der Waals surface area contributed by atoms with Gasteiger partial charge in [-0.25, -0.2) is 4.79 Å². The summed E-state index contributed by atoms with van der Waals surface area (Å²) in [6, 6.07) is 3.38. The van der Waals surface area contributed by atoms with Gasteiger partial charge in [0.05, 0.1) is 11.2 Å². The van der Waals surface area contributed by atoms with E-state index in [0.29, 0.717) is 28.5 Å². The molecule has 5 heteroatoms. The van der Waals surface area contributed by atoms with Gasteiger partial charge in [0.25, 0.3) is 0 Å². The van der Waals surface area contributed by atoms with Crippen molar-refractivity contribution in [2.45, 2.75) is 38.7 Å². The smallest absolute Gasteiger partial charge is 0.417 e. The van der Waals surface area contributed by atoms with Crippen molar-refractivity contribution >= 4 is 16.8 Å². The summed E-state index contributed by atoms with van der Waals surface area (Å²) in [6.45, 7) is 2.21. The second-order valence-corrected chi connectivity index (χ2v) is 5.32. The van der Waals surface area contributed by atoms with E-state index in [2.05, 4.69) is 11.9 Å². The maximum atomic E-state index is 11.1. The maximum Gasteiger partial charge on any atom is 0.417 e. The Morgan fingerprint density at radius 2 is 2.16 bits per heavy atom. The van der Waals surface area contributed by atoms with E-state index in [-0.39, 0.29) is 6.10 Å². The number of fused-ring (bicyclic) bond motifs is 1. The number of benzene rings is 1. The molecule has 2 unspecified atom stereocenters. The van der Waals surface area contributed by atoms with Crippen molar-refractivity contribution in [2.75, 3.05) is 5.73 Å². The molecule has 1 fully saturated rings. The first-order chi connectivity index (χ1) is 9.13. The summed E-state index contributed by atoms with van der Waals surface area (Å²) in [5.41, 5.74) is 7.55. The average molecular weight is 262 g/mol. The minimum absolute atomic E-state index is 0.201. The molecule has 0 aliphatic heterocycles. The van der Waals surface area contributed by atoms with E-state index in [4.69, 9.17) is 14.9 Å². The van der Waals surface area contributed by atoms with Crippen LogP contribution in [0.1, 0.15) is 32.6 Å². The molecule has 2 aromatic rings. The van der Waals surface area contributed by atoms with Gasteiger partial charge < -0.3 is 14.9 Å². The molecule has 5 nitrogen and oxygen atoms in total. The van der Waals surface area contributed by atoms with Crippen molar-refractivity contribution in [3.63, 3.8) is 0 Å². The highest BCUT2D eigenvalue weighted by atomic mass is 16.5. The number of oxazole rings is 1. The van der Waals surface area contributed by atoms with E-state index in [1.165, 1.54) is 19.3 Å². The lowest BCUT2D eigenvalue weighted by atomic mass is 9.88. The van der Waals surface area contributed by atoms with Crippen LogP contribution in [0.4, 0.5) is 5.69 Å². The Balaban J connectivity index is 1.91. The van der Waals surface area contributed by atoms with Gasteiger partial charge >= 0.3 is 5.76 Å². The Hall–Kier alpha value is -1.91. The van der Waals surface area contributed by atoms with Crippen molar-refractivity contribution in [2.24, 2.45) is 5.92 Å². The Labute approximate surface area is 110 Å². The Kier molecular flexibility index (Phi) is 2.97. The normalized spacial score (nSPS) is 23.6. The van der Waals surface area contributed by atoms with Crippen molar-refractivity contribution in [3.05, 3.63) is 22.7 Å². The fourth-order valence-corrected chi connectivity index (χ4v) is 2.72. The van der Waals surface area contributed by atoms with Gasteiger partial charge in [-0.05, 0) is 25.2 Å². The number of aromatic amines is 1. The van der Waals surface area contributed by atoms with Crippen LogP contribution in [0, 0.1) is 5.92 Å². The molecule has 1 aliphatic rings. The quantitative estimate of drug-likeness (QED) is 0.815. The summed E-state index contributed by atoms with van der Waals surface area (Å²) in [5, 5.41) is 0. The lowest BCUT2D eigenvalue weighted by Gasteiger charge is -2.29. The molecule has 1 saturated carbocycles. The molecule has 0 bridgehead atoms. The fourth-order valence-electron chi connectivity index (χ4n) is 2.72. The number of rotatable bonds is 2. The molecule has 2 atom stereocenters. The van der Waals surface area contributed by atoms with E-state index in [1.54, 1.807) is 12.1 Å². The third-order valence-electron chi connectivity index (χ3n) is 3.86. The molecule has 1 aromatic heterocycles. The number of nitrogen functional groups attached to an aromatic ring is 1. The van der Waals surface area contributed by atoms with Crippen molar-refractivity contribution in [1.29, 1.82) is 0 Å². The Bertz CT molecular complexity index is 644. The molecule has 102 valence electrons. The summed E-state index contributed by atoms with van der Waals surface area (Å²) < 4.78 is 11.0. The summed E-state index contributed by atoms with van der Waals surface area (Å²) in [7, 11) is 0. The highest BCUT2D eigenvalue weighted by Crippen LogP contribution is 2.32. The number of aromatic nitrogens is 1. The third-order valence-corrected chi connectivity index (χ3v) is 3.86. The summed E-state index contributed by atoms with van der Waals surface area (Å²) >= 11 is 0. The standard InChI is InChI=1S/C14H18N2O3/c1-8-4-2-3-5-11(8)18-12-7-10-13(6-9(12)15)19-14(17)16-10/h6-8,11H,2-5,15H2,1H3,(H,16,17). The molecule has 3 rings (SSSR count). The second kappa shape index (κ2) is 4.64. The average Bonchev–Trinajstić information content (AvgIpc) is 2.71. The van der Waals surface area contributed by atoms with Crippen LogP contribution in [0.25, 0.3) is 11.1 Å². The minimum Gasteiger partial charge on any atom is -0.488 e. The summed E-state index contributed by atoms with van der Waals surface area (Å²) in [4.78, 5) is 13.8. The fraction of sp³-hybridized carbons (Fsp3) is 0.500. The molecular formula is C14H18N2O3. The highest BCUT2D eigenvalue weighted by Gasteiger charge is 2.23. The summed E-state index contributed by atoms with van der Waals surface area (Å²) in [6.07, 6.45) is 4.91. The number of anilines is 1. The zero-order valence-corrected chi connectivity index (χ0v) is 10.9. The lowest BCUT2D eigenvalue weighted by molar-refractivity contribution is 0.103. The first-order valence-corrected chi connectivity index (χ1v) is 6.72. The van der Waals surface area contributed by atoms with Gasteiger partial charge in [-0.1, -0.05) is 13.3 Å². The molecule has 0 spiro atoms. The molecule has 1 aromatic carbocycles. The lowest BCUT2D eigenvalue weighted by Crippen LogP contribution is -2.28. The highest BCUT2D eigenvalue weighted by molar-refractivity contribution is 5.80. The predicted octanol–water partition coefficient (Wildman–Crippen LogP) is 2.66. The molecule has 0 radical (unpaired) electrons. The second-order valence-electron chi connectivity index (χ2n) is 5.32. The summed E-state index contributed by atoms with van der Waals surface area (Å²) in [5.74, 6) is 0.688. The number of nitrogens with two attached hydrogens (primary N) is 1. The van der Waals surface area contributed by atoms with E-state index in [1.807, 2.05) is 0 Å². The van der Waals surface area contributed by atoms with Gasteiger partial charge in [0.2, 0.25) is 0 Å². The molecule has 19 heavy (non-hydrogen) atoms. The molecule has 0 amide bonds. The van der Waals surface area contributed by atoms with Crippen LogP contribution < -0.4 is 16.2 Å². The molecule has 3 N–H and O–H groups in total. The van der Waals surface area contributed by atoms with Crippen LogP contribution in [-0.4, -0.2) is 11.1 Å². The van der Waals surface area contributed by atoms with E-state index in [9.17, 15) is 4.79 Å². The van der Waals surface area contributed by atoms with Crippen molar-refractivity contribution in [1.82, 2.24) is 4.98 Å². The number of hydrogen-bond acceptors (Lipinski definition) is 4. The van der Waals surface area contributed by atoms with Gasteiger partial charge in [-0.3, -0.25) is 4.98 Å². The van der Waals surface area contributed by atoms with Gasteiger partial charge in [0.1, 0.15) is 11.9 Å². The van der Waals surface area contributed by atoms with Crippen molar-refractivity contribution in [3.8, 4) is 5.75 Å². The van der Waals surface area contributed by atoms with Crippen LogP contribution in [0.5, 0.6) is 5.75 Å². The van der Waals surface area contributed by atoms with Gasteiger partial charge in [-0.2, -0.15) is 0 Å². The third kappa shape index (κ3) is 2.32. The van der Waals surface area contributed by atoms with Gasteiger partial charge in [-0.15, -0.1) is 0 Å². The number of nitrogens with one attached hydrogen (secondary N) is 1. The number of ether oxygens (including phenoxy) is 1. The SMILES string of the molecule is CC1CCCCC1Oc1cc2[nH]c(=O)oc2cc1N. The van der Waals surface area contributed by atoms with Crippen LogP contribution in [0.15, 0.2) is 21.3 Å². The van der Waals surface area contributed by atoms with Crippen LogP contribution in [-0.2, 0) is 0 Å². The van der Waals surface area contributed by atoms with E-state index in [0.717, 1.165) is 6.42 Å². The molecule has 0 saturated heterocycles. The monoisotopic (exact) mass is 262 g/mol. The predicted molar refractivity (Wildman–Crippen MR) is 73.3 cm³/mol. The molecule has 1 aliphatic carbocycles. The van der Waals surface area contributed by atoms with Crippen LogP contribution in [0.3, 0.4) is 0 Å². The topological polar surface area (TPSA) is 81.2 Å². The van der Waals surface area contributed by atoms with Crippen molar-refractivity contribution < 1.29 is 9.15 Å². The zero-order chi connectivity index (χ0) is 13.4. The van der Waals surface area contributed by atoms with Crippen LogP contribution in [0.2, 0.25) is 0 Å². The molecule has 1 heterocycles. The van der Waals surface area contributed by atoms with Gasteiger partial charge in [0.15, 0.2) is 5.58 Å². The first-order valence-electron chi connectivity index (χ1n) is 6.72. The van der Waals surface area contributed by atoms with E-state index < -0.39 is 5.76 Å². The van der Waals surface area contributed by atoms with Crippen LogP contribution >= 0.6 is 0 Å².